The van der Waals surface area contributed by atoms with Crippen LogP contribution in [0.15, 0.2) is 182 Å². The Kier molecular flexibility index (Phi) is 7.60. The summed E-state index contributed by atoms with van der Waals surface area (Å²) >= 11 is 0. The normalized spacial score (nSPS) is 11.2. The highest BCUT2D eigenvalue weighted by Gasteiger charge is 2.19. The molecule has 0 aliphatic rings. The zero-order valence-corrected chi connectivity index (χ0v) is 27.6. The van der Waals surface area contributed by atoms with Crippen LogP contribution in [0.25, 0.3) is 89.1 Å². The van der Waals surface area contributed by atoms with Gasteiger partial charge in [-0.25, -0.2) is 15.0 Å². The molecule has 8 aromatic carbocycles. The minimum Gasteiger partial charge on any atom is -0.507 e. The van der Waals surface area contributed by atoms with Gasteiger partial charge in [0.2, 0.25) is 0 Å². The minimum absolute atomic E-state index is 0.154. The third kappa shape index (κ3) is 5.69. The van der Waals surface area contributed by atoms with Gasteiger partial charge >= 0.3 is 0 Å². The number of fused-ring (bicyclic) bond motifs is 3. The summed E-state index contributed by atoms with van der Waals surface area (Å²) in [5, 5.41) is 16.2. The second-order valence-corrected chi connectivity index (χ2v) is 12.6. The van der Waals surface area contributed by atoms with E-state index in [0.29, 0.717) is 23.0 Å². The maximum atomic E-state index is 11.5. The van der Waals surface area contributed by atoms with Crippen LogP contribution in [0.2, 0.25) is 0 Å². The van der Waals surface area contributed by atoms with Crippen LogP contribution < -0.4 is 0 Å². The van der Waals surface area contributed by atoms with Crippen molar-refractivity contribution in [2.75, 3.05) is 0 Å². The molecule has 0 saturated carbocycles. The van der Waals surface area contributed by atoms with Crippen molar-refractivity contribution in [2.24, 2.45) is 0 Å². The van der Waals surface area contributed by atoms with Crippen molar-refractivity contribution in [3.8, 4) is 73.3 Å². The maximum Gasteiger partial charge on any atom is 0.164 e. The van der Waals surface area contributed by atoms with Crippen LogP contribution in [-0.2, 0) is 0 Å². The van der Waals surface area contributed by atoms with Gasteiger partial charge in [-0.2, -0.15) is 0 Å². The summed E-state index contributed by atoms with van der Waals surface area (Å²) in [6, 6.07) is 61.8. The zero-order valence-electron chi connectivity index (χ0n) is 27.6. The number of phenolic OH excluding ortho intramolecular Hbond substituents is 1. The van der Waals surface area contributed by atoms with Gasteiger partial charge in [0, 0.05) is 22.3 Å². The average Bonchev–Trinajstić information content (AvgIpc) is 3.21. The molecule has 0 aliphatic heterocycles. The van der Waals surface area contributed by atoms with Gasteiger partial charge in [-0.3, -0.25) is 0 Å². The smallest absolute Gasteiger partial charge is 0.164 e. The highest BCUT2D eigenvalue weighted by Crippen LogP contribution is 2.41. The topological polar surface area (TPSA) is 58.9 Å². The number of hydrogen-bond acceptors (Lipinski definition) is 4. The van der Waals surface area contributed by atoms with Gasteiger partial charge in [0.25, 0.3) is 0 Å². The summed E-state index contributed by atoms with van der Waals surface area (Å²) in [6.45, 7) is 0. The van der Waals surface area contributed by atoms with Crippen LogP contribution in [0.5, 0.6) is 5.75 Å². The zero-order chi connectivity index (χ0) is 34.1. The molecule has 0 aliphatic carbocycles. The molecule has 1 heterocycles. The Morgan fingerprint density at radius 2 is 0.843 bits per heavy atom. The fourth-order valence-corrected chi connectivity index (χ4v) is 6.96. The van der Waals surface area contributed by atoms with E-state index in [4.69, 9.17) is 15.0 Å². The molecule has 0 atom stereocenters. The van der Waals surface area contributed by atoms with Crippen molar-refractivity contribution in [1.82, 2.24) is 15.0 Å². The molecule has 0 unspecified atom stereocenters. The van der Waals surface area contributed by atoms with Crippen molar-refractivity contribution in [2.45, 2.75) is 0 Å². The van der Waals surface area contributed by atoms with E-state index in [1.807, 2.05) is 60.7 Å². The molecule has 4 nitrogen and oxygen atoms in total. The molecule has 0 bridgehead atoms. The summed E-state index contributed by atoms with van der Waals surface area (Å²) in [4.78, 5) is 15.2. The standard InChI is InChI=1S/C47H31N3O/c51-43-24-12-23-41(44(43)36-19-11-18-35(29-36)40-22-10-9-20-38(40)31-13-3-1-4-14-31)47-49-45(34-16-5-2-6-17-34)48-46(50-47)37-28-27-33-26-25-32-15-7-8-21-39(32)42(33)30-37/h1-30,51H. The summed E-state index contributed by atoms with van der Waals surface area (Å²) in [5.41, 5.74) is 8.47. The van der Waals surface area contributed by atoms with E-state index in [0.717, 1.165) is 55.3 Å². The number of rotatable bonds is 6. The van der Waals surface area contributed by atoms with Crippen molar-refractivity contribution < 1.29 is 5.11 Å². The van der Waals surface area contributed by atoms with Crippen LogP contribution in [0.3, 0.4) is 0 Å². The second-order valence-electron chi connectivity index (χ2n) is 12.6. The largest absolute Gasteiger partial charge is 0.507 e. The van der Waals surface area contributed by atoms with E-state index in [1.165, 1.54) is 10.8 Å². The number of benzene rings is 8. The second kappa shape index (κ2) is 12.8. The fourth-order valence-electron chi connectivity index (χ4n) is 6.96. The van der Waals surface area contributed by atoms with E-state index in [1.54, 1.807) is 6.07 Å². The van der Waals surface area contributed by atoms with Gasteiger partial charge in [-0.05, 0) is 67.6 Å². The Bertz CT molecular complexity index is 2710. The molecular weight excluding hydrogens is 623 g/mol. The fraction of sp³-hybridized carbons (Fsp3) is 0. The first-order valence-corrected chi connectivity index (χ1v) is 17.0. The minimum atomic E-state index is 0.154. The maximum absolute atomic E-state index is 11.5. The summed E-state index contributed by atoms with van der Waals surface area (Å²) < 4.78 is 0. The quantitative estimate of drug-likeness (QED) is 0.181. The number of nitrogens with zero attached hydrogens (tertiary/aromatic N) is 3. The number of aromatic nitrogens is 3. The Morgan fingerprint density at radius 1 is 0.314 bits per heavy atom. The molecule has 4 heteroatoms. The third-order valence-corrected chi connectivity index (χ3v) is 9.43. The highest BCUT2D eigenvalue weighted by atomic mass is 16.3. The first-order valence-electron chi connectivity index (χ1n) is 17.0. The van der Waals surface area contributed by atoms with Crippen LogP contribution in [0.1, 0.15) is 0 Å². The molecule has 0 amide bonds. The van der Waals surface area contributed by atoms with Crippen LogP contribution >= 0.6 is 0 Å². The molecule has 1 aromatic heterocycles. The highest BCUT2D eigenvalue weighted by molar-refractivity contribution is 6.08. The van der Waals surface area contributed by atoms with E-state index in [-0.39, 0.29) is 5.75 Å². The molecule has 0 spiro atoms. The molecule has 1 N–H and O–H groups in total. The third-order valence-electron chi connectivity index (χ3n) is 9.43. The lowest BCUT2D eigenvalue weighted by Crippen LogP contribution is -2.01. The summed E-state index contributed by atoms with van der Waals surface area (Å²) in [7, 11) is 0. The predicted octanol–water partition coefficient (Wildman–Crippen LogP) is 11.9. The van der Waals surface area contributed by atoms with Gasteiger partial charge in [0.15, 0.2) is 17.5 Å². The molecule has 240 valence electrons. The van der Waals surface area contributed by atoms with Crippen LogP contribution in [0.4, 0.5) is 0 Å². The van der Waals surface area contributed by atoms with E-state index < -0.39 is 0 Å². The first kappa shape index (κ1) is 30.2. The SMILES string of the molecule is Oc1cccc(-c2nc(-c3ccccc3)nc(-c3ccc4ccc5ccccc5c4c3)n2)c1-c1cccc(-c2ccccc2-c2ccccc2)c1. The monoisotopic (exact) mass is 653 g/mol. The molecule has 0 fully saturated rings. The summed E-state index contributed by atoms with van der Waals surface area (Å²) in [6.07, 6.45) is 0. The van der Waals surface area contributed by atoms with Crippen molar-refractivity contribution in [3.05, 3.63) is 182 Å². The predicted molar refractivity (Wildman–Crippen MR) is 209 cm³/mol. The lowest BCUT2D eigenvalue weighted by Gasteiger charge is -2.15. The van der Waals surface area contributed by atoms with Gasteiger partial charge in [0.1, 0.15) is 5.75 Å². The van der Waals surface area contributed by atoms with Crippen LogP contribution in [-0.4, -0.2) is 20.1 Å². The van der Waals surface area contributed by atoms with E-state index in [2.05, 4.69) is 115 Å². The van der Waals surface area contributed by atoms with E-state index in [9.17, 15) is 5.11 Å². The molecule has 0 saturated heterocycles. The molecule has 51 heavy (non-hydrogen) atoms. The van der Waals surface area contributed by atoms with Gasteiger partial charge < -0.3 is 5.11 Å². The van der Waals surface area contributed by atoms with Crippen LogP contribution in [0, 0.1) is 0 Å². The Hall–Kier alpha value is -6.91. The molecule has 0 radical (unpaired) electrons. The Labute approximate surface area is 296 Å². The number of hydrogen-bond donors (Lipinski definition) is 1. The molecule has 9 aromatic rings. The van der Waals surface area contributed by atoms with E-state index >= 15 is 0 Å². The van der Waals surface area contributed by atoms with Crippen molar-refractivity contribution in [1.29, 1.82) is 0 Å². The van der Waals surface area contributed by atoms with Gasteiger partial charge in [-0.1, -0.05) is 164 Å². The van der Waals surface area contributed by atoms with Crippen molar-refractivity contribution >= 4 is 21.5 Å². The Morgan fingerprint density at radius 3 is 1.63 bits per heavy atom. The molecule has 9 rings (SSSR count). The lowest BCUT2D eigenvalue weighted by atomic mass is 9.91. The molecular formula is C47H31N3O. The number of aromatic hydroxyl groups is 1. The first-order chi connectivity index (χ1) is 25.2. The average molecular weight is 654 g/mol. The Balaban J connectivity index is 1.22. The lowest BCUT2D eigenvalue weighted by molar-refractivity contribution is 0.477. The number of phenols is 1. The van der Waals surface area contributed by atoms with Gasteiger partial charge in [0.05, 0.1) is 0 Å². The van der Waals surface area contributed by atoms with Gasteiger partial charge in [-0.15, -0.1) is 0 Å². The summed E-state index contributed by atoms with van der Waals surface area (Å²) in [5.74, 6) is 1.77. The van der Waals surface area contributed by atoms with Crippen molar-refractivity contribution in [3.63, 3.8) is 0 Å².